The highest BCUT2D eigenvalue weighted by Crippen LogP contribution is 2.43. The van der Waals surface area contributed by atoms with E-state index in [0.717, 1.165) is 12.1 Å². The number of hydrogen-bond acceptors (Lipinski definition) is 1. The Labute approximate surface area is 86.3 Å². The van der Waals surface area contributed by atoms with Crippen LogP contribution in [0, 0.1) is 5.82 Å². The Balaban J connectivity index is 3.46. The summed E-state index contributed by atoms with van der Waals surface area (Å²) in [7, 11) is 0. The molecule has 0 saturated heterocycles. The van der Waals surface area contributed by atoms with Crippen molar-refractivity contribution in [1.82, 2.24) is 0 Å². The Kier molecular flexibility index (Phi) is 2.89. The monoisotopic (exact) mass is 240 g/mol. The highest BCUT2D eigenvalue weighted by atomic mass is 19.4. The second kappa shape index (κ2) is 3.73. The number of carbonyl (C=O) groups is 1. The molecule has 0 aliphatic rings. The van der Waals surface area contributed by atoms with Gasteiger partial charge in [-0.1, -0.05) is 18.2 Å². The molecule has 0 heterocycles. The summed E-state index contributed by atoms with van der Waals surface area (Å²) in [5.74, 6) is -4.37. The topological polar surface area (TPSA) is 37.3 Å². The second-order valence-corrected chi connectivity index (χ2v) is 2.94. The first kappa shape index (κ1) is 12.4. The van der Waals surface area contributed by atoms with Gasteiger partial charge in [0.1, 0.15) is 5.82 Å². The van der Waals surface area contributed by atoms with E-state index >= 15 is 0 Å². The lowest BCUT2D eigenvalue weighted by atomic mass is 9.94. The fourth-order valence-electron chi connectivity index (χ4n) is 1.13. The molecule has 2 nitrogen and oxygen atoms in total. The summed E-state index contributed by atoms with van der Waals surface area (Å²) < 4.78 is 63.3. The molecule has 7 heteroatoms. The van der Waals surface area contributed by atoms with Crippen molar-refractivity contribution >= 4 is 5.97 Å². The number of aliphatic carboxylic acids is 1. The number of benzene rings is 1. The number of hydrogen-bond donors (Lipinski definition) is 1. The molecule has 1 aromatic rings. The molecule has 0 fully saturated rings. The van der Waals surface area contributed by atoms with Crippen LogP contribution >= 0.6 is 0 Å². The van der Waals surface area contributed by atoms with Crippen LogP contribution in [-0.2, 0) is 10.5 Å². The molecule has 1 atom stereocenters. The third-order valence-corrected chi connectivity index (χ3v) is 1.93. The van der Waals surface area contributed by atoms with Crippen molar-refractivity contribution in [2.24, 2.45) is 0 Å². The van der Waals surface area contributed by atoms with Gasteiger partial charge in [0.15, 0.2) is 0 Å². The van der Waals surface area contributed by atoms with E-state index in [1.54, 1.807) is 0 Å². The first-order chi connectivity index (χ1) is 7.21. The maximum absolute atomic E-state index is 13.4. The summed E-state index contributed by atoms with van der Waals surface area (Å²) in [5, 5.41) is 8.28. The molecular weight excluding hydrogens is 235 g/mol. The molecule has 1 unspecified atom stereocenters. The predicted octanol–water partition coefficient (Wildman–Crippen LogP) is 2.64. The van der Waals surface area contributed by atoms with Crippen LogP contribution in [0.25, 0.3) is 0 Å². The Morgan fingerprint density at radius 3 is 2.00 bits per heavy atom. The number of rotatable bonds is 2. The number of alkyl halides is 4. The van der Waals surface area contributed by atoms with Crippen LogP contribution < -0.4 is 0 Å². The van der Waals surface area contributed by atoms with Gasteiger partial charge in [-0.25, -0.2) is 13.6 Å². The molecule has 0 bridgehead atoms. The van der Waals surface area contributed by atoms with Crippen molar-refractivity contribution in [3.05, 3.63) is 35.6 Å². The minimum atomic E-state index is -5.74. The standard InChI is InChI=1S/C9H5F5O2/c10-6-4-2-1-3-5(6)8(11,7(15)16)9(12,13)14/h1-4H,(H,15,16). The van der Waals surface area contributed by atoms with Crippen LogP contribution in [0.15, 0.2) is 24.3 Å². The van der Waals surface area contributed by atoms with Gasteiger partial charge in [0.2, 0.25) is 0 Å². The molecule has 0 saturated carbocycles. The first-order valence-corrected chi connectivity index (χ1v) is 3.95. The molecule has 0 aliphatic carbocycles. The SMILES string of the molecule is O=C(O)C(F)(c1ccccc1F)C(F)(F)F. The lowest BCUT2D eigenvalue weighted by Gasteiger charge is -2.24. The zero-order chi connectivity index (χ0) is 12.6. The predicted molar refractivity (Wildman–Crippen MR) is 42.9 cm³/mol. The van der Waals surface area contributed by atoms with Crippen LogP contribution in [0.5, 0.6) is 0 Å². The molecule has 88 valence electrons. The Hall–Kier alpha value is -1.66. The van der Waals surface area contributed by atoms with Gasteiger partial charge in [-0.05, 0) is 6.07 Å². The Morgan fingerprint density at radius 1 is 1.12 bits per heavy atom. The second-order valence-electron chi connectivity index (χ2n) is 2.94. The van der Waals surface area contributed by atoms with Crippen LogP contribution in [0.3, 0.4) is 0 Å². The van der Waals surface area contributed by atoms with Crippen LogP contribution in [0.1, 0.15) is 5.56 Å². The first-order valence-electron chi connectivity index (χ1n) is 3.95. The van der Waals surface area contributed by atoms with Crippen LogP contribution in [-0.4, -0.2) is 17.3 Å². The molecule has 16 heavy (non-hydrogen) atoms. The number of carboxylic acids is 1. The molecule has 0 spiro atoms. The smallest absolute Gasteiger partial charge is 0.438 e. The van der Waals surface area contributed by atoms with Crippen molar-refractivity contribution in [1.29, 1.82) is 0 Å². The highest BCUT2D eigenvalue weighted by molar-refractivity contribution is 5.80. The van der Waals surface area contributed by atoms with Gasteiger partial charge in [0.05, 0.1) is 0 Å². The number of halogens is 5. The highest BCUT2D eigenvalue weighted by Gasteiger charge is 2.64. The average molecular weight is 240 g/mol. The van der Waals surface area contributed by atoms with Crippen molar-refractivity contribution in [2.75, 3.05) is 0 Å². The molecule has 0 aromatic heterocycles. The zero-order valence-electron chi connectivity index (χ0n) is 7.55. The maximum atomic E-state index is 13.4. The van der Waals surface area contributed by atoms with E-state index in [9.17, 15) is 26.7 Å². The molecular formula is C9H5F5O2. The summed E-state index contributed by atoms with van der Waals surface area (Å²) in [6.07, 6.45) is -5.74. The van der Waals surface area contributed by atoms with Crippen molar-refractivity contribution < 1.29 is 31.9 Å². The van der Waals surface area contributed by atoms with E-state index in [1.807, 2.05) is 0 Å². The molecule has 0 radical (unpaired) electrons. The summed E-state index contributed by atoms with van der Waals surface area (Å²) in [5.41, 5.74) is -6.30. The summed E-state index contributed by atoms with van der Waals surface area (Å²) in [6, 6.07) is 2.94. The van der Waals surface area contributed by atoms with E-state index in [4.69, 9.17) is 5.11 Å². The quantitative estimate of drug-likeness (QED) is 0.807. The molecule has 0 aliphatic heterocycles. The van der Waals surface area contributed by atoms with E-state index in [1.165, 1.54) is 0 Å². The summed E-state index contributed by atoms with van der Waals surface area (Å²) in [6.45, 7) is 0. The van der Waals surface area contributed by atoms with Crippen LogP contribution in [0.4, 0.5) is 22.0 Å². The van der Waals surface area contributed by atoms with E-state index in [2.05, 4.69) is 0 Å². The van der Waals surface area contributed by atoms with Gasteiger partial charge < -0.3 is 5.11 Å². The summed E-state index contributed by atoms with van der Waals surface area (Å²) >= 11 is 0. The van der Waals surface area contributed by atoms with Crippen molar-refractivity contribution in [3.8, 4) is 0 Å². The lowest BCUT2D eigenvalue weighted by molar-refractivity contribution is -0.241. The largest absolute Gasteiger partial charge is 0.478 e. The van der Waals surface area contributed by atoms with Crippen molar-refractivity contribution in [3.63, 3.8) is 0 Å². The normalized spacial score (nSPS) is 15.6. The lowest BCUT2D eigenvalue weighted by Crippen LogP contribution is -2.46. The molecule has 1 rings (SSSR count). The van der Waals surface area contributed by atoms with Crippen LogP contribution in [0.2, 0.25) is 0 Å². The Morgan fingerprint density at radius 2 is 1.62 bits per heavy atom. The third-order valence-electron chi connectivity index (χ3n) is 1.93. The molecule has 1 aromatic carbocycles. The van der Waals surface area contributed by atoms with Gasteiger partial charge in [-0.3, -0.25) is 0 Å². The average Bonchev–Trinajstić information content (AvgIpc) is 2.15. The maximum Gasteiger partial charge on any atom is 0.438 e. The fourth-order valence-corrected chi connectivity index (χ4v) is 1.13. The van der Waals surface area contributed by atoms with E-state index in [0.29, 0.717) is 12.1 Å². The van der Waals surface area contributed by atoms with Gasteiger partial charge in [0, 0.05) is 5.56 Å². The Bertz CT molecular complexity index is 415. The van der Waals surface area contributed by atoms with E-state index < -0.39 is 29.2 Å². The molecule has 1 N–H and O–H groups in total. The van der Waals surface area contributed by atoms with Crippen molar-refractivity contribution in [2.45, 2.75) is 11.8 Å². The van der Waals surface area contributed by atoms with E-state index in [-0.39, 0.29) is 0 Å². The fraction of sp³-hybridized carbons (Fsp3) is 0.222. The minimum Gasteiger partial charge on any atom is -0.478 e. The number of carboxylic acid groups (broad SMARTS) is 1. The van der Waals surface area contributed by atoms with Gasteiger partial charge >= 0.3 is 17.8 Å². The van der Waals surface area contributed by atoms with Gasteiger partial charge in [0.25, 0.3) is 0 Å². The summed E-state index contributed by atoms with van der Waals surface area (Å²) in [4.78, 5) is 10.4. The zero-order valence-corrected chi connectivity index (χ0v) is 7.55. The van der Waals surface area contributed by atoms with Gasteiger partial charge in [-0.15, -0.1) is 0 Å². The minimum absolute atomic E-state index is 0.441. The molecule has 0 amide bonds. The van der Waals surface area contributed by atoms with Gasteiger partial charge in [-0.2, -0.15) is 13.2 Å². The third kappa shape index (κ3) is 1.72.